The van der Waals surface area contributed by atoms with E-state index in [0.29, 0.717) is 13.0 Å². The molecule has 2 N–H and O–H groups in total. The van der Waals surface area contributed by atoms with Crippen molar-refractivity contribution in [2.24, 2.45) is 0 Å². The molecule has 2 rings (SSSR count). The maximum Gasteiger partial charge on any atom is 0.323 e. The maximum absolute atomic E-state index is 12.2. The second kappa shape index (κ2) is 5.01. The molecule has 0 spiro atoms. The van der Waals surface area contributed by atoms with Gasteiger partial charge in [-0.25, -0.2) is 0 Å². The molecule has 1 amide bonds. The van der Waals surface area contributed by atoms with Gasteiger partial charge in [0.05, 0.1) is 12.1 Å². The summed E-state index contributed by atoms with van der Waals surface area (Å²) in [6.07, 6.45) is 2.51. The van der Waals surface area contributed by atoms with E-state index in [4.69, 9.17) is 9.84 Å². The van der Waals surface area contributed by atoms with Gasteiger partial charge in [-0.1, -0.05) is 0 Å². The van der Waals surface area contributed by atoms with E-state index < -0.39 is 5.97 Å². The number of hydrogen-bond acceptors (Lipinski definition) is 4. The summed E-state index contributed by atoms with van der Waals surface area (Å²) in [6, 6.07) is -0.165. The van der Waals surface area contributed by atoms with Crippen LogP contribution in [0.3, 0.4) is 0 Å². The molecule has 17 heavy (non-hydrogen) atoms. The van der Waals surface area contributed by atoms with Crippen molar-refractivity contribution in [1.82, 2.24) is 10.2 Å². The molecule has 2 aliphatic rings. The number of nitrogens with one attached hydrogen (secondary N) is 1. The molecule has 0 aromatic heterocycles. The van der Waals surface area contributed by atoms with E-state index in [9.17, 15) is 9.59 Å². The Hall–Kier alpha value is -1.14. The summed E-state index contributed by atoms with van der Waals surface area (Å²) >= 11 is 0. The summed E-state index contributed by atoms with van der Waals surface area (Å²) in [5, 5.41) is 11.9. The Bertz CT molecular complexity index is 317. The van der Waals surface area contributed by atoms with E-state index in [1.54, 1.807) is 7.11 Å². The fourth-order valence-electron chi connectivity index (χ4n) is 2.19. The third kappa shape index (κ3) is 2.95. The number of ether oxygens (including phenoxy) is 1. The van der Waals surface area contributed by atoms with Gasteiger partial charge >= 0.3 is 5.97 Å². The molecule has 1 saturated carbocycles. The predicted molar refractivity (Wildman–Crippen MR) is 59.6 cm³/mol. The highest BCUT2D eigenvalue weighted by atomic mass is 16.5. The first-order valence-corrected chi connectivity index (χ1v) is 5.90. The van der Waals surface area contributed by atoms with Crippen LogP contribution in [0.4, 0.5) is 0 Å². The largest absolute Gasteiger partial charge is 0.480 e. The number of methoxy groups -OCH3 is 1. The Morgan fingerprint density at radius 1 is 1.47 bits per heavy atom. The van der Waals surface area contributed by atoms with Crippen molar-refractivity contribution in [3.05, 3.63) is 0 Å². The zero-order valence-corrected chi connectivity index (χ0v) is 9.89. The van der Waals surface area contributed by atoms with E-state index >= 15 is 0 Å². The van der Waals surface area contributed by atoms with Crippen LogP contribution in [0.25, 0.3) is 0 Å². The molecule has 6 nitrogen and oxygen atoms in total. The van der Waals surface area contributed by atoms with Gasteiger partial charge in [0, 0.05) is 19.7 Å². The first-order valence-electron chi connectivity index (χ1n) is 5.90. The molecule has 6 heteroatoms. The van der Waals surface area contributed by atoms with Gasteiger partial charge in [0.15, 0.2) is 0 Å². The lowest BCUT2D eigenvalue weighted by Crippen LogP contribution is -2.46. The second-order valence-electron chi connectivity index (χ2n) is 4.65. The SMILES string of the molecule is COC1CNC(C(=O)N(CC(=O)O)C2CC2)C1. The van der Waals surface area contributed by atoms with Crippen molar-refractivity contribution in [3.63, 3.8) is 0 Å². The van der Waals surface area contributed by atoms with Crippen LogP contribution in [0.5, 0.6) is 0 Å². The van der Waals surface area contributed by atoms with Crippen LogP contribution in [0.15, 0.2) is 0 Å². The number of carboxylic acid groups (broad SMARTS) is 1. The average molecular weight is 242 g/mol. The normalized spacial score (nSPS) is 28.1. The highest BCUT2D eigenvalue weighted by Crippen LogP contribution is 2.28. The van der Waals surface area contributed by atoms with E-state index in [-0.39, 0.29) is 30.6 Å². The van der Waals surface area contributed by atoms with E-state index in [1.165, 1.54) is 4.90 Å². The smallest absolute Gasteiger partial charge is 0.323 e. The fraction of sp³-hybridized carbons (Fsp3) is 0.818. The molecular weight excluding hydrogens is 224 g/mol. The van der Waals surface area contributed by atoms with Crippen LogP contribution in [-0.2, 0) is 14.3 Å². The predicted octanol–water partition coefficient (Wildman–Crippen LogP) is -0.561. The lowest BCUT2D eigenvalue weighted by molar-refractivity contribution is -0.145. The van der Waals surface area contributed by atoms with Gasteiger partial charge in [-0.3, -0.25) is 9.59 Å². The van der Waals surface area contributed by atoms with Crippen molar-refractivity contribution >= 4 is 11.9 Å². The van der Waals surface area contributed by atoms with Gasteiger partial charge in [0.1, 0.15) is 6.54 Å². The molecular formula is C11H18N2O4. The third-order valence-electron chi connectivity index (χ3n) is 3.30. The average Bonchev–Trinajstić information content (AvgIpc) is 3.02. The van der Waals surface area contributed by atoms with Crippen molar-refractivity contribution in [3.8, 4) is 0 Å². The number of carbonyl (C=O) groups excluding carboxylic acids is 1. The zero-order valence-electron chi connectivity index (χ0n) is 9.89. The molecule has 1 heterocycles. The Balaban J connectivity index is 1.94. The summed E-state index contributed by atoms with van der Waals surface area (Å²) in [5.41, 5.74) is 0. The summed E-state index contributed by atoms with van der Waals surface area (Å²) < 4.78 is 5.18. The monoisotopic (exact) mass is 242 g/mol. The van der Waals surface area contributed by atoms with Crippen molar-refractivity contribution in [2.75, 3.05) is 20.2 Å². The molecule has 0 bridgehead atoms. The van der Waals surface area contributed by atoms with Crippen molar-refractivity contribution in [2.45, 2.75) is 37.5 Å². The number of aliphatic carboxylic acids is 1. The molecule has 2 atom stereocenters. The molecule has 96 valence electrons. The van der Waals surface area contributed by atoms with Gasteiger partial charge in [0.2, 0.25) is 5.91 Å². The molecule has 1 aliphatic carbocycles. The van der Waals surface area contributed by atoms with Crippen LogP contribution >= 0.6 is 0 Å². The molecule has 0 aromatic rings. The number of amides is 1. The fourth-order valence-corrected chi connectivity index (χ4v) is 2.19. The second-order valence-corrected chi connectivity index (χ2v) is 4.65. The van der Waals surface area contributed by atoms with Gasteiger partial charge in [-0.2, -0.15) is 0 Å². The lowest BCUT2D eigenvalue weighted by Gasteiger charge is -2.23. The highest BCUT2D eigenvalue weighted by molar-refractivity contribution is 5.86. The number of rotatable bonds is 5. The first kappa shape index (κ1) is 12.3. The Morgan fingerprint density at radius 3 is 2.65 bits per heavy atom. The first-order chi connectivity index (χ1) is 8.11. The molecule has 1 saturated heterocycles. The van der Waals surface area contributed by atoms with E-state index in [2.05, 4.69) is 5.32 Å². The van der Waals surface area contributed by atoms with E-state index in [0.717, 1.165) is 12.8 Å². The quantitative estimate of drug-likeness (QED) is 0.675. The Kier molecular flexibility index (Phi) is 3.63. The maximum atomic E-state index is 12.2. The number of carboxylic acids is 1. The zero-order chi connectivity index (χ0) is 12.4. The summed E-state index contributed by atoms with van der Waals surface area (Å²) in [7, 11) is 1.62. The van der Waals surface area contributed by atoms with Crippen molar-refractivity contribution in [1.29, 1.82) is 0 Å². The van der Waals surface area contributed by atoms with Gasteiger partial charge in [0.25, 0.3) is 0 Å². The van der Waals surface area contributed by atoms with Crippen LogP contribution in [0, 0.1) is 0 Å². The van der Waals surface area contributed by atoms with Crippen LogP contribution < -0.4 is 5.32 Å². The summed E-state index contributed by atoms with van der Waals surface area (Å²) in [5.74, 6) is -1.05. The minimum atomic E-state index is -0.952. The molecule has 0 radical (unpaired) electrons. The number of hydrogen-bond donors (Lipinski definition) is 2. The minimum absolute atomic E-state index is 0.0508. The van der Waals surface area contributed by atoms with Crippen LogP contribution in [-0.4, -0.2) is 60.3 Å². The molecule has 2 fully saturated rings. The van der Waals surface area contributed by atoms with E-state index in [1.807, 2.05) is 0 Å². The molecule has 2 unspecified atom stereocenters. The Labute approximate surface area is 99.9 Å². The molecule has 0 aromatic carbocycles. The van der Waals surface area contributed by atoms with Gasteiger partial charge in [-0.15, -0.1) is 0 Å². The summed E-state index contributed by atoms with van der Waals surface area (Å²) in [6.45, 7) is 0.456. The lowest BCUT2D eigenvalue weighted by atomic mass is 10.1. The summed E-state index contributed by atoms with van der Waals surface area (Å²) in [4.78, 5) is 24.4. The van der Waals surface area contributed by atoms with Crippen LogP contribution in [0.2, 0.25) is 0 Å². The number of carbonyl (C=O) groups is 2. The minimum Gasteiger partial charge on any atom is -0.480 e. The van der Waals surface area contributed by atoms with Crippen molar-refractivity contribution < 1.29 is 19.4 Å². The van der Waals surface area contributed by atoms with Gasteiger partial charge in [-0.05, 0) is 19.3 Å². The highest BCUT2D eigenvalue weighted by Gasteiger charge is 2.39. The third-order valence-corrected chi connectivity index (χ3v) is 3.30. The standard InChI is InChI=1S/C11H18N2O4/c1-17-8-4-9(12-5-8)11(16)13(6-10(14)15)7-2-3-7/h7-9,12H,2-6H2,1H3,(H,14,15). The van der Waals surface area contributed by atoms with Crippen LogP contribution in [0.1, 0.15) is 19.3 Å². The number of nitrogens with zero attached hydrogens (tertiary/aromatic N) is 1. The van der Waals surface area contributed by atoms with Gasteiger partial charge < -0.3 is 20.1 Å². The Morgan fingerprint density at radius 2 is 2.18 bits per heavy atom. The topological polar surface area (TPSA) is 78.9 Å². The molecule has 1 aliphatic heterocycles.